The summed E-state index contributed by atoms with van der Waals surface area (Å²) in [5, 5.41) is 4.34. The molecule has 1 aliphatic heterocycles. The van der Waals surface area contributed by atoms with Crippen LogP contribution in [0.5, 0.6) is 5.75 Å². The van der Waals surface area contributed by atoms with Crippen molar-refractivity contribution in [1.29, 1.82) is 0 Å². The summed E-state index contributed by atoms with van der Waals surface area (Å²) in [6, 6.07) is 6.36. The Morgan fingerprint density at radius 2 is 1.77 bits per heavy atom. The number of alkyl halides is 8. The minimum Gasteiger partial charge on any atom is -0.494 e. The van der Waals surface area contributed by atoms with Crippen LogP contribution in [0.3, 0.4) is 0 Å². The Bertz CT molecular complexity index is 1210. The lowest BCUT2D eigenvalue weighted by molar-refractivity contribution is -0.201. The molecule has 0 saturated heterocycles. The van der Waals surface area contributed by atoms with Gasteiger partial charge in [-0.15, -0.1) is 0 Å². The van der Waals surface area contributed by atoms with Crippen LogP contribution in [0.1, 0.15) is 49.4 Å². The zero-order valence-electron chi connectivity index (χ0n) is 20.4. The van der Waals surface area contributed by atoms with E-state index in [1.165, 1.54) is 0 Å². The largest absolute Gasteiger partial charge is 0.494 e. The second-order valence-corrected chi connectivity index (χ2v) is 8.77. The Balaban J connectivity index is 1.99. The van der Waals surface area contributed by atoms with Gasteiger partial charge in [0, 0.05) is 43.6 Å². The molecule has 1 aliphatic rings. The maximum Gasteiger partial charge on any atom is 0.416 e. The summed E-state index contributed by atoms with van der Waals surface area (Å²) in [7, 11) is 0. The lowest BCUT2D eigenvalue weighted by atomic mass is 9.77. The molecular weight excluding hydrogens is 542 g/mol. The number of nitrogens with one attached hydrogen (secondary N) is 2. The maximum atomic E-state index is 14.7. The summed E-state index contributed by atoms with van der Waals surface area (Å²) < 4.78 is 112. The Morgan fingerprint density at radius 3 is 2.28 bits per heavy atom. The number of hydrogen-bond acceptors (Lipinski definition) is 4. The predicted molar refractivity (Wildman–Crippen MR) is 123 cm³/mol. The summed E-state index contributed by atoms with van der Waals surface area (Å²) in [5.41, 5.74) is -4.46. The fourth-order valence-electron chi connectivity index (χ4n) is 3.99. The molecule has 1 aromatic heterocycles. The third-order valence-electron chi connectivity index (χ3n) is 5.97. The summed E-state index contributed by atoms with van der Waals surface area (Å²) in [6.45, 7) is 0.385. The van der Waals surface area contributed by atoms with Crippen molar-refractivity contribution in [2.75, 3.05) is 13.2 Å². The van der Waals surface area contributed by atoms with Gasteiger partial charge >= 0.3 is 12.4 Å². The first-order chi connectivity index (χ1) is 18.1. The zero-order chi connectivity index (χ0) is 29.0. The topological polar surface area (TPSA) is 80.3 Å². The van der Waals surface area contributed by atoms with Gasteiger partial charge in [-0.1, -0.05) is 12.1 Å². The molecule has 0 unspecified atom stereocenters. The number of hydrogen-bond donors (Lipinski definition) is 2. The number of ether oxygens (including phenoxy) is 1. The van der Waals surface area contributed by atoms with Crippen LogP contribution in [0.4, 0.5) is 35.1 Å². The third kappa shape index (κ3) is 7.24. The summed E-state index contributed by atoms with van der Waals surface area (Å²) in [6.07, 6.45) is -13.8. The lowest BCUT2D eigenvalue weighted by Crippen LogP contribution is -2.59. The molecule has 0 aliphatic carbocycles. The number of pyridine rings is 1. The molecule has 2 N–H and O–H groups in total. The molecule has 212 valence electrons. The standard InChI is InChI=1S/C25H23F8N3O3/c1-14(37)34-13-19-18(20-8-3-15(12-35-20)21(26)27)11-23(25(31,32)33,36-22(19)38)16-4-6-17(7-5-16)39-10-2-9-24(28,29)30/h3-8,12,21H,2,9-11,13H2,1H3,(H,34,37)(H,36,38)/t23-/m0/s1. The van der Waals surface area contributed by atoms with E-state index in [4.69, 9.17) is 4.74 Å². The van der Waals surface area contributed by atoms with Crippen LogP contribution >= 0.6 is 0 Å². The summed E-state index contributed by atoms with van der Waals surface area (Å²) >= 11 is 0. The maximum absolute atomic E-state index is 14.7. The highest BCUT2D eigenvalue weighted by atomic mass is 19.4. The van der Waals surface area contributed by atoms with Gasteiger partial charge < -0.3 is 15.4 Å². The predicted octanol–water partition coefficient (Wildman–Crippen LogP) is 5.61. The highest BCUT2D eigenvalue weighted by Gasteiger charge is 2.59. The van der Waals surface area contributed by atoms with Crippen LogP contribution in [0.15, 0.2) is 48.2 Å². The first-order valence-corrected chi connectivity index (χ1v) is 11.5. The average molecular weight is 565 g/mol. The van der Waals surface area contributed by atoms with E-state index >= 15 is 0 Å². The number of benzene rings is 1. The Hall–Kier alpha value is -3.71. The Morgan fingerprint density at radius 1 is 1.10 bits per heavy atom. The molecule has 6 nitrogen and oxygen atoms in total. The summed E-state index contributed by atoms with van der Waals surface area (Å²) in [4.78, 5) is 28.3. The van der Waals surface area contributed by atoms with E-state index in [-0.39, 0.29) is 35.6 Å². The van der Waals surface area contributed by atoms with Crippen molar-refractivity contribution < 1.29 is 49.4 Å². The molecule has 2 heterocycles. The summed E-state index contributed by atoms with van der Waals surface area (Å²) in [5.74, 6) is -1.70. The Labute approximate surface area is 217 Å². The van der Waals surface area contributed by atoms with Gasteiger partial charge in [-0.2, -0.15) is 26.3 Å². The second-order valence-electron chi connectivity index (χ2n) is 8.77. The van der Waals surface area contributed by atoms with Crippen molar-refractivity contribution in [2.45, 2.75) is 50.5 Å². The van der Waals surface area contributed by atoms with Gasteiger partial charge in [0.25, 0.3) is 6.43 Å². The molecule has 0 bridgehead atoms. The quantitative estimate of drug-likeness (QED) is 0.306. The van der Waals surface area contributed by atoms with E-state index in [1.807, 2.05) is 5.32 Å². The molecule has 2 aromatic rings. The van der Waals surface area contributed by atoms with Crippen molar-refractivity contribution in [2.24, 2.45) is 0 Å². The monoisotopic (exact) mass is 565 g/mol. The van der Waals surface area contributed by atoms with Crippen LogP contribution < -0.4 is 15.4 Å². The molecule has 1 atom stereocenters. The van der Waals surface area contributed by atoms with Gasteiger partial charge in [-0.25, -0.2) is 8.78 Å². The van der Waals surface area contributed by atoms with Gasteiger partial charge in [0.1, 0.15) is 5.75 Å². The molecule has 0 spiro atoms. The lowest BCUT2D eigenvalue weighted by Gasteiger charge is -2.41. The third-order valence-corrected chi connectivity index (χ3v) is 5.97. The smallest absolute Gasteiger partial charge is 0.416 e. The minimum absolute atomic E-state index is 0.0201. The van der Waals surface area contributed by atoms with Crippen LogP contribution in [0.2, 0.25) is 0 Å². The van der Waals surface area contributed by atoms with E-state index in [1.54, 1.807) is 0 Å². The number of rotatable bonds is 9. The molecule has 0 radical (unpaired) electrons. The first kappa shape index (κ1) is 29.8. The molecule has 14 heteroatoms. The Kier molecular flexibility index (Phi) is 8.86. The normalized spacial score (nSPS) is 18.3. The van der Waals surface area contributed by atoms with E-state index in [2.05, 4.69) is 10.3 Å². The number of carbonyl (C=O) groups is 2. The van der Waals surface area contributed by atoms with Gasteiger partial charge in [0.05, 0.1) is 12.3 Å². The van der Waals surface area contributed by atoms with E-state index < -0.39 is 66.6 Å². The van der Waals surface area contributed by atoms with Crippen LogP contribution in [0, 0.1) is 0 Å². The van der Waals surface area contributed by atoms with Crippen molar-refractivity contribution in [3.63, 3.8) is 0 Å². The van der Waals surface area contributed by atoms with Crippen LogP contribution in [-0.2, 0) is 15.1 Å². The molecule has 39 heavy (non-hydrogen) atoms. The number of aromatic nitrogens is 1. The highest BCUT2D eigenvalue weighted by molar-refractivity contribution is 6.04. The fraction of sp³-hybridized carbons (Fsp3) is 0.400. The number of nitrogens with zero attached hydrogens (tertiary/aromatic N) is 1. The first-order valence-electron chi connectivity index (χ1n) is 11.5. The van der Waals surface area contributed by atoms with Gasteiger partial charge in [0.2, 0.25) is 11.8 Å². The van der Waals surface area contributed by atoms with E-state index in [0.29, 0.717) is 0 Å². The number of halogens is 8. The molecule has 1 aromatic carbocycles. The van der Waals surface area contributed by atoms with E-state index in [9.17, 15) is 44.7 Å². The minimum atomic E-state index is -5.06. The van der Waals surface area contributed by atoms with Crippen molar-refractivity contribution in [3.05, 3.63) is 65.0 Å². The van der Waals surface area contributed by atoms with Gasteiger partial charge in [0.15, 0.2) is 5.54 Å². The molecule has 0 saturated carbocycles. The van der Waals surface area contributed by atoms with Crippen molar-refractivity contribution in [3.8, 4) is 5.75 Å². The van der Waals surface area contributed by atoms with Crippen LogP contribution in [-0.4, -0.2) is 42.3 Å². The molecule has 0 fully saturated rings. The molecular formula is C25H23F8N3O3. The van der Waals surface area contributed by atoms with E-state index in [0.717, 1.165) is 49.5 Å². The van der Waals surface area contributed by atoms with Crippen molar-refractivity contribution in [1.82, 2.24) is 15.6 Å². The van der Waals surface area contributed by atoms with Crippen LogP contribution in [0.25, 0.3) is 5.57 Å². The number of amides is 2. The zero-order valence-corrected chi connectivity index (χ0v) is 20.4. The van der Waals surface area contributed by atoms with Gasteiger partial charge in [-0.3, -0.25) is 14.6 Å². The molecule has 2 amide bonds. The van der Waals surface area contributed by atoms with Gasteiger partial charge in [-0.05, 0) is 41.8 Å². The van der Waals surface area contributed by atoms with Crippen molar-refractivity contribution >= 4 is 17.4 Å². The highest BCUT2D eigenvalue weighted by Crippen LogP contribution is 2.48. The number of carbonyl (C=O) groups excluding carboxylic acids is 2. The SMILES string of the molecule is CC(=O)NCC1=C(c2ccc(C(F)F)cn2)C[C@](c2ccc(OCCCC(F)(F)F)cc2)(C(F)(F)F)NC1=O. The second kappa shape index (κ2) is 11.6. The average Bonchev–Trinajstić information content (AvgIpc) is 2.84. The molecule has 3 rings (SSSR count). The fourth-order valence-corrected chi connectivity index (χ4v) is 3.99.